The Kier molecular flexibility index (Phi) is 4.96. The molecule has 0 radical (unpaired) electrons. The van der Waals surface area contributed by atoms with Crippen LogP contribution < -0.4 is 5.32 Å². The summed E-state index contributed by atoms with van der Waals surface area (Å²) in [7, 11) is 1.61. The average Bonchev–Trinajstić information content (AvgIpc) is 2.82. The van der Waals surface area contributed by atoms with Gasteiger partial charge in [-0.2, -0.15) is 0 Å². The van der Waals surface area contributed by atoms with Gasteiger partial charge in [0.05, 0.1) is 18.4 Å². The first-order valence-corrected chi connectivity index (χ1v) is 7.12. The van der Waals surface area contributed by atoms with Crippen LogP contribution in [0.3, 0.4) is 0 Å². The van der Waals surface area contributed by atoms with Crippen molar-refractivity contribution in [2.24, 2.45) is 17.8 Å². The number of anilines is 1. The molecule has 5 nitrogen and oxygen atoms in total. The number of carbonyl (C=O) groups is 2. The lowest BCUT2D eigenvalue weighted by Crippen LogP contribution is -2.30. The molecule has 2 N–H and O–H groups in total. The normalized spacial score (nSPS) is 24.8. The van der Waals surface area contributed by atoms with Crippen LogP contribution in [-0.2, 0) is 20.9 Å². The van der Waals surface area contributed by atoms with E-state index in [9.17, 15) is 14.7 Å². The number of hydrogen-bond acceptors (Lipinski definition) is 3. The van der Waals surface area contributed by atoms with Gasteiger partial charge in [0.15, 0.2) is 0 Å². The summed E-state index contributed by atoms with van der Waals surface area (Å²) in [6, 6.07) is 7.40. The van der Waals surface area contributed by atoms with Crippen molar-refractivity contribution in [2.75, 3.05) is 12.4 Å². The van der Waals surface area contributed by atoms with Gasteiger partial charge in [0.2, 0.25) is 5.91 Å². The largest absolute Gasteiger partial charge is 0.481 e. The number of ether oxygens (including phenoxy) is 1. The Morgan fingerprint density at radius 2 is 2.05 bits per heavy atom. The molecule has 3 unspecified atom stereocenters. The molecule has 0 aliphatic heterocycles. The highest BCUT2D eigenvalue weighted by molar-refractivity contribution is 5.95. The van der Waals surface area contributed by atoms with Crippen LogP contribution in [0.2, 0.25) is 0 Å². The van der Waals surface area contributed by atoms with Crippen molar-refractivity contribution in [3.63, 3.8) is 0 Å². The monoisotopic (exact) mass is 291 g/mol. The maximum Gasteiger partial charge on any atom is 0.307 e. The molecule has 0 spiro atoms. The molecule has 21 heavy (non-hydrogen) atoms. The van der Waals surface area contributed by atoms with Crippen LogP contribution in [-0.4, -0.2) is 24.1 Å². The van der Waals surface area contributed by atoms with Crippen molar-refractivity contribution in [1.29, 1.82) is 0 Å². The summed E-state index contributed by atoms with van der Waals surface area (Å²) in [4.78, 5) is 23.6. The maximum atomic E-state index is 12.3. The molecule has 0 aromatic heterocycles. The molecular weight excluding hydrogens is 270 g/mol. The van der Waals surface area contributed by atoms with Crippen LogP contribution in [0.25, 0.3) is 0 Å². The van der Waals surface area contributed by atoms with Crippen molar-refractivity contribution in [3.05, 3.63) is 29.8 Å². The number of benzene rings is 1. The number of hydrogen-bond donors (Lipinski definition) is 2. The minimum Gasteiger partial charge on any atom is -0.481 e. The lowest BCUT2D eigenvalue weighted by atomic mass is 9.95. The predicted octanol–water partition coefficient (Wildman–Crippen LogP) is 2.52. The molecule has 1 amide bonds. The second kappa shape index (κ2) is 6.72. The third kappa shape index (κ3) is 3.82. The van der Waals surface area contributed by atoms with Crippen molar-refractivity contribution in [2.45, 2.75) is 26.4 Å². The van der Waals surface area contributed by atoms with Gasteiger partial charge in [0.1, 0.15) is 0 Å². The Labute approximate surface area is 124 Å². The fourth-order valence-corrected chi connectivity index (χ4v) is 2.99. The van der Waals surface area contributed by atoms with Crippen LogP contribution in [0, 0.1) is 17.8 Å². The summed E-state index contributed by atoms with van der Waals surface area (Å²) in [6.07, 6.45) is 1.19. The van der Waals surface area contributed by atoms with Gasteiger partial charge in [-0.05, 0) is 36.5 Å². The summed E-state index contributed by atoms with van der Waals surface area (Å²) < 4.78 is 5.06. The molecule has 0 bridgehead atoms. The van der Waals surface area contributed by atoms with E-state index in [2.05, 4.69) is 5.32 Å². The van der Waals surface area contributed by atoms with E-state index >= 15 is 0 Å². The van der Waals surface area contributed by atoms with Gasteiger partial charge in [0.25, 0.3) is 0 Å². The van der Waals surface area contributed by atoms with Crippen LogP contribution >= 0.6 is 0 Å². The highest BCUT2D eigenvalue weighted by Gasteiger charge is 2.41. The zero-order chi connectivity index (χ0) is 15.4. The molecule has 1 aromatic rings. The topological polar surface area (TPSA) is 75.6 Å². The first-order valence-electron chi connectivity index (χ1n) is 7.12. The molecule has 5 heteroatoms. The minimum absolute atomic E-state index is 0.207. The Bertz CT molecular complexity index is 529. The van der Waals surface area contributed by atoms with E-state index in [0.29, 0.717) is 25.1 Å². The zero-order valence-corrected chi connectivity index (χ0v) is 12.3. The quantitative estimate of drug-likeness (QED) is 0.874. The number of carboxylic acids is 1. The first-order chi connectivity index (χ1) is 10.0. The number of carbonyl (C=O) groups excluding carboxylic acids is 1. The fourth-order valence-electron chi connectivity index (χ4n) is 2.99. The van der Waals surface area contributed by atoms with Crippen molar-refractivity contribution in [1.82, 2.24) is 0 Å². The van der Waals surface area contributed by atoms with Crippen LogP contribution in [0.5, 0.6) is 0 Å². The third-order valence-corrected chi connectivity index (χ3v) is 3.96. The molecule has 1 fully saturated rings. The summed E-state index contributed by atoms with van der Waals surface area (Å²) >= 11 is 0. The summed E-state index contributed by atoms with van der Waals surface area (Å²) in [5.74, 6) is -1.86. The van der Waals surface area contributed by atoms with E-state index in [1.807, 2.05) is 25.1 Å². The second-order valence-electron chi connectivity index (χ2n) is 5.75. The van der Waals surface area contributed by atoms with Gasteiger partial charge in [-0.15, -0.1) is 0 Å². The zero-order valence-electron chi connectivity index (χ0n) is 12.3. The molecule has 3 atom stereocenters. The SMILES string of the molecule is COCc1cccc(NC(=O)C2CC(C)CC2C(=O)O)c1. The summed E-state index contributed by atoms with van der Waals surface area (Å²) in [5.41, 5.74) is 1.64. The number of aliphatic carboxylic acids is 1. The second-order valence-corrected chi connectivity index (χ2v) is 5.75. The Morgan fingerprint density at radius 3 is 2.71 bits per heavy atom. The molecule has 114 valence electrons. The summed E-state index contributed by atoms with van der Waals surface area (Å²) in [5, 5.41) is 12.1. The average molecular weight is 291 g/mol. The molecule has 1 aliphatic carbocycles. The van der Waals surface area contributed by atoms with Crippen molar-refractivity contribution < 1.29 is 19.4 Å². The molecular formula is C16H21NO4. The standard InChI is InChI=1S/C16H21NO4/c1-10-6-13(14(7-10)16(19)20)15(18)17-12-5-3-4-11(8-12)9-21-2/h3-5,8,10,13-14H,6-7,9H2,1-2H3,(H,17,18)(H,19,20). The fraction of sp³-hybridized carbons (Fsp3) is 0.500. The van der Waals surface area contributed by atoms with E-state index in [1.54, 1.807) is 13.2 Å². The molecule has 2 rings (SSSR count). The highest BCUT2D eigenvalue weighted by Crippen LogP contribution is 2.37. The molecule has 1 saturated carbocycles. The van der Waals surface area contributed by atoms with Crippen LogP contribution in [0.1, 0.15) is 25.3 Å². The van der Waals surface area contributed by atoms with Crippen LogP contribution in [0.4, 0.5) is 5.69 Å². The van der Waals surface area contributed by atoms with Crippen molar-refractivity contribution >= 4 is 17.6 Å². The minimum atomic E-state index is -0.882. The number of nitrogens with one attached hydrogen (secondary N) is 1. The number of rotatable bonds is 5. The number of methoxy groups -OCH3 is 1. The molecule has 1 aromatic carbocycles. The van der Waals surface area contributed by atoms with Crippen molar-refractivity contribution in [3.8, 4) is 0 Å². The number of carboxylic acid groups (broad SMARTS) is 1. The Hall–Kier alpha value is -1.88. The molecule has 1 aliphatic rings. The molecule has 0 saturated heterocycles. The lowest BCUT2D eigenvalue weighted by Gasteiger charge is -2.16. The lowest BCUT2D eigenvalue weighted by molar-refractivity contribution is -0.145. The Morgan fingerprint density at radius 1 is 1.33 bits per heavy atom. The Balaban J connectivity index is 2.07. The van der Waals surface area contributed by atoms with Gasteiger partial charge in [-0.3, -0.25) is 9.59 Å². The van der Waals surface area contributed by atoms with Gasteiger partial charge < -0.3 is 15.2 Å². The van der Waals surface area contributed by atoms with E-state index in [0.717, 1.165) is 5.56 Å². The van der Waals surface area contributed by atoms with Gasteiger partial charge >= 0.3 is 5.97 Å². The van der Waals surface area contributed by atoms with Gasteiger partial charge in [0, 0.05) is 12.8 Å². The van der Waals surface area contributed by atoms with Gasteiger partial charge in [-0.25, -0.2) is 0 Å². The number of amides is 1. The van der Waals surface area contributed by atoms with Gasteiger partial charge in [-0.1, -0.05) is 19.1 Å². The van der Waals surface area contributed by atoms with Crippen LogP contribution in [0.15, 0.2) is 24.3 Å². The summed E-state index contributed by atoms with van der Waals surface area (Å²) in [6.45, 7) is 2.46. The maximum absolute atomic E-state index is 12.3. The first kappa shape index (κ1) is 15.5. The molecule has 0 heterocycles. The smallest absolute Gasteiger partial charge is 0.307 e. The van der Waals surface area contributed by atoms with E-state index in [4.69, 9.17) is 4.74 Å². The van der Waals surface area contributed by atoms with E-state index in [-0.39, 0.29) is 11.8 Å². The highest BCUT2D eigenvalue weighted by atomic mass is 16.5. The predicted molar refractivity (Wildman–Crippen MR) is 78.8 cm³/mol. The van der Waals surface area contributed by atoms with E-state index < -0.39 is 17.8 Å². The van der Waals surface area contributed by atoms with E-state index in [1.165, 1.54) is 0 Å². The third-order valence-electron chi connectivity index (χ3n) is 3.96.